The Hall–Kier alpha value is 0.270. The molecule has 0 aliphatic heterocycles. The predicted molar refractivity (Wildman–Crippen MR) is 51.9 cm³/mol. The van der Waals surface area contributed by atoms with Crippen LogP contribution in [0.1, 0.15) is 27.2 Å². The second-order valence-electron chi connectivity index (χ2n) is 3.37. The number of rotatable bonds is 5. The van der Waals surface area contributed by atoms with Crippen molar-refractivity contribution in [3.05, 3.63) is 0 Å². The van der Waals surface area contributed by atoms with E-state index in [-0.39, 0.29) is 0 Å². The van der Waals surface area contributed by atoms with Gasteiger partial charge < -0.3 is 10.8 Å². The fourth-order valence-corrected chi connectivity index (χ4v) is 1.65. The molecule has 68 valence electrons. The van der Waals surface area contributed by atoms with Crippen LogP contribution in [0.3, 0.4) is 0 Å². The van der Waals surface area contributed by atoms with E-state index >= 15 is 0 Å². The Morgan fingerprint density at radius 1 is 1.55 bits per heavy atom. The molecular weight excluding hydrogens is 158 g/mol. The topological polar surface area (TPSA) is 46.2 Å². The molecule has 1 unspecified atom stereocenters. The monoisotopic (exact) mass is 177 g/mol. The lowest BCUT2D eigenvalue weighted by Gasteiger charge is -2.20. The van der Waals surface area contributed by atoms with Crippen LogP contribution in [0.4, 0.5) is 0 Å². The quantitative estimate of drug-likeness (QED) is 0.664. The van der Waals surface area contributed by atoms with Crippen LogP contribution in [-0.2, 0) is 0 Å². The van der Waals surface area contributed by atoms with Crippen molar-refractivity contribution in [1.29, 1.82) is 0 Å². The molecule has 1 atom stereocenters. The number of thioether (sulfide) groups is 1. The molecule has 0 aliphatic carbocycles. The molecule has 3 N–H and O–H groups in total. The van der Waals surface area contributed by atoms with Crippen molar-refractivity contribution in [3.8, 4) is 0 Å². The molecule has 2 nitrogen and oxygen atoms in total. The Kier molecular flexibility index (Phi) is 5.13. The van der Waals surface area contributed by atoms with Crippen LogP contribution in [0.15, 0.2) is 0 Å². The summed E-state index contributed by atoms with van der Waals surface area (Å²) in [5.41, 5.74) is 4.70. The molecular formula is C8H19NOS. The lowest BCUT2D eigenvalue weighted by molar-refractivity contribution is 0.0665. The third-order valence-electron chi connectivity index (χ3n) is 1.53. The third-order valence-corrected chi connectivity index (χ3v) is 2.64. The molecule has 0 aromatic carbocycles. The summed E-state index contributed by atoms with van der Waals surface area (Å²) in [6.07, 6.45) is 0.784. The van der Waals surface area contributed by atoms with E-state index in [1.165, 1.54) is 0 Å². The molecule has 0 aliphatic rings. The van der Waals surface area contributed by atoms with E-state index in [1.54, 1.807) is 6.92 Å². The van der Waals surface area contributed by atoms with Gasteiger partial charge in [-0.15, -0.1) is 0 Å². The summed E-state index contributed by atoms with van der Waals surface area (Å²) in [5, 5.41) is 10.1. The molecule has 0 aromatic heterocycles. The normalized spacial score (nSPS) is 16.9. The maximum atomic E-state index is 9.50. The first kappa shape index (κ1) is 11.3. The first-order chi connectivity index (χ1) is 4.98. The molecule has 0 bridgehead atoms. The standard InChI is InChI=1S/C8H19NOS/c1-7(2)11-5-4-8(3,10)6-9/h7,10H,4-6,9H2,1-3H3. The van der Waals surface area contributed by atoms with E-state index in [9.17, 15) is 5.11 Å². The van der Waals surface area contributed by atoms with Gasteiger partial charge >= 0.3 is 0 Å². The van der Waals surface area contributed by atoms with Gasteiger partial charge in [0.25, 0.3) is 0 Å². The molecule has 0 aromatic rings. The molecule has 0 amide bonds. The first-order valence-corrected chi connectivity index (χ1v) is 5.07. The number of hydrogen-bond acceptors (Lipinski definition) is 3. The summed E-state index contributed by atoms with van der Waals surface area (Å²) >= 11 is 1.86. The maximum Gasteiger partial charge on any atom is 0.0749 e. The summed E-state index contributed by atoms with van der Waals surface area (Å²) in [5.74, 6) is 0.988. The minimum atomic E-state index is -0.665. The van der Waals surface area contributed by atoms with Crippen LogP contribution in [-0.4, -0.2) is 28.3 Å². The highest BCUT2D eigenvalue weighted by molar-refractivity contribution is 7.99. The van der Waals surface area contributed by atoms with Gasteiger partial charge in [-0.25, -0.2) is 0 Å². The average molecular weight is 177 g/mol. The Balaban J connectivity index is 3.38. The first-order valence-electron chi connectivity index (χ1n) is 4.02. The predicted octanol–water partition coefficient (Wildman–Crippen LogP) is 1.23. The molecule has 0 heterocycles. The van der Waals surface area contributed by atoms with Gasteiger partial charge in [0.05, 0.1) is 5.60 Å². The van der Waals surface area contributed by atoms with Crippen molar-refractivity contribution in [3.63, 3.8) is 0 Å². The fraction of sp³-hybridized carbons (Fsp3) is 1.00. The molecule has 0 radical (unpaired) electrons. The number of aliphatic hydroxyl groups is 1. The van der Waals surface area contributed by atoms with Gasteiger partial charge in [-0.1, -0.05) is 13.8 Å². The zero-order valence-corrected chi connectivity index (χ0v) is 8.45. The van der Waals surface area contributed by atoms with Crippen LogP contribution in [0.25, 0.3) is 0 Å². The lowest BCUT2D eigenvalue weighted by atomic mass is 10.1. The Morgan fingerprint density at radius 3 is 2.45 bits per heavy atom. The number of hydrogen-bond donors (Lipinski definition) is 2. The molecule has 0 rings (SSSR count). The zero-order valence-electron chi connectivity index (χ0n) is 7.63. The van der Waals surface area contributed by atoms with Crippen molar-refractivity contribution >= 4 is 11.8 Å². The minimum Gasteiger partial charge on any atom is -0.389 e. The van der Waals surface area contributed by atoms with E-state index in [0.717, 1.165) is 12.2 Å². The van der Waals surface area contributed by atoms with Crippen molar-refractivity contribution in [2.45, 2.75) is 38.0 Å². The summed E-state index contributed by atoms with van der Waals surface area (Å²) < 4.78 is 0. The van der Waals surface area contributed by atoms with E-state index < -0.39 is 5.60 Å². The van der Waals surface area contributed by atoms with Gasteiger partial charge in [-0.3, -0.25) is 0 Å². The molecule has 0 spiro atoms. The van der Waals surface area contributed by atoms with E-state index in [1.807, 2.05) is 11.8 Å². The van der Waals surface area contributed by atoms with Crippen molar-refractivity contribution in [2.24, 2.45) is 5.73 Å². The number of nitrogens with two attached hydrogens (primary N) is 1. The minimum absolute atomic E-state index is 0.353. The Morgan fingerprint density at radius 2 is 2.09 bits per heavy atom. The zero-order chi connectivity index (χ0) is 8.91. The summed E-state index contributed by atoms with van der Waals surface area (Å²) in [7, 11) is 0. The highest BCUT2D eigenvalue weighted by atomic mass is 32.2. The van der Waals surface area contributed by atoms with Gasteiger partial charge in [0.15, 0.2) is 0 Å². The largest absolute Gasteiger partial charge is 0.389 e. The van der Waals surface area contributed by atoms with Crippen LogP contribution in [0.5, 0.6) is 0 Å². The molecule has 0 fully saturated rings. The molecule has 0 saturated heterocycles. The van der Waals surface area contributed by atoms with Crippen LogP contribution >= 0.6 is 11.8 Å². The second-order valence-corrected chi connectivity index (χ2v) is 5.06. The smallest absolute Gasteiger partial charge is 0.0749 e. The van der Waals surface area contributed by atoms with Gasteiger partial charge in [-0.05, 0) is 24.3 Å². The molecule has 0 saturated carbocycles. The second kappa shape index (κ2) is 5.01. The van der Waals surface area contributed by atoms with Gasteiger partial charge in [0.1, 0.15) is 0 Å². The van der Waals surface area contributed by atoms with E-state index in [2.05, 4.69) is 13.8 Å². The molecule has 11 heavy (non-hydrogen) atoms. The van der Waals surface area contributed by atoms with Crippen molar-refractivity contribution < 1.29 is 5.11 Å². The SMILES string of the molecule is CC(C)SCCC(C)(O)CN. The molecule has 3 heteroatoms. The third kappa shape index (κ3) is 6.66. The van der Waals surface area contributed by atoms with Gasteiger partial charge in [-0.2, -0.15) is 11.8 Å². The summed E-state index contributed by atoms with van der Waals surface area (Å²) in [6, 6.07) is 0. The van der Waals surface area contributed by atoms with Gasteiger partial charge in [0, 0.05) is 6.54 Å². The van der Waals surface area contributed by atoms with E-state index in [4.69, 9.17) is 5.73 Å². The summed E-state index contributed by atoms with van der Waals surface area (Å²) in [4.78, 5) is 0. The maximum absolute atomic E-state index is 9.50. The highest BCUT2D eigenvalue weighted by Crippen LogP contribution is 2.16. The van der Waals surface area contributed by atoms with Crippen LogP contribution < -0.4 is 5.73 Å². The Labute approximate surface area is 73.6 Å². The van der Waals surface area contributed by atoms with Crippen molar-refractivity contribution in [2.75, 3.05) is 12.3 Å². The highest BCUT2D eigenvalue weighted by Gasteiger charge is 2.17. The van der Waals surface area contributed by atoms with Gasteiger partial charge in [0.2, 0.25) is 0 Å². The van der Waals surface area contributed by atoms with Crippen LogP contribution in [0, 0.1) is 0 Å². The fourth-order valence-electron chi connectivity index (χ4n) is 0.617. The van der Waals surface area contributed by atoms with Crippen LogP contribution in [0.2, 0.25) is 0 Å². The van der Waals surface area contributed by atoms with E-state index in [0.29, 0.717) is 11.8 Å². The average Bonchev–Trinajstić information content (AvgIpc) is 1.87. The Bertz CT molecular complexity index is 104. The lowest BCUT2D eigenvalue weighted by Crippen LogP contribution is -2.34. The summed E-state index contributed by atoms with van der Waals surface area (Å²) in [6.45, 7) is 6.45. The van der Waals surface area contributed by atoms with Crippen molar-refractivity contribution in [1.82, 2.24) is 0 Å².